The third kappa shape index (κ3) is 1.46. The van der Waals surface area contributed by atoms with Crippen molar-refractivity contribution >= 4 is 0 Å². The first kappa shape index (κ1) is 8.70. The van der Waals surface area contributed by atoms with E-state index >= 15 is 0 Å². The molecule has 1 radical (unpaired) electrons. The van der Waals surface area contributed by atoms with Gasteiger partial charge >= 0.3 is 0 Å². The zero-order valence-electron chi connectivity index (χ0n) is 7.41. The lowest BCUT2D eigenvalue weighted by atomic mass is 9.67. The SMILES string of the molecule is [CH2]C1CC(N)C1c1ccc(F)cc1. The Bertz CT molecular complexity index is 285. The first-order valence-corrected chi connectivity index (χ1v) is 4.52. The molecular weight excluding hydrogens is 165 g/mol. The average molecular weight is 178 g/mol. The summed E-state index contributed by atoms with van der Waals surface area (Å²) in [5.74, 6) is 0.512. The van der Waals surface area contributed by atoms with Crippen molar-refractivity contribution in [3.63, 3.8) is 0 Å². The van der Waals surface area contributed by atoms with Gasteiger partial charge in [0, 0.05) is 12.0 Å². The maximum absolute atomic E-state index is 12.6. The summed E-state index contributed by atoms with van der Waals surface area (Å²) in [7, 11) is 0. The van der Waals surface area contributed by atoms with Gasteiger partial charge < -0.3 is 5.73 Å². The molecule has 69 valence electrons. The van der Waals surface area contributed by atoms with E-state index < -0.39 is 0 Å². The average Bonchev–Trinajstić information content (AvgIpc) is 2.09. The van der Waals surface area contributed by atoms with Gasteiger partial charge in [0.1, 0.15) is 5.82 Å². The summed E-state index contributed by atoms with van der Waals surface area (Å²) >= 11 is 0. The lowest BCUT2D eigenvalue weighted by molar-refractivity contribution is 0.257. The Labute approximate surface area is 77.8 Å². The molecule has 3 unspecified atom stereocenters. The van der Waals surface area contributed by atoms with Crippen LogP contribution in [0.5, 0.6) is 0 Å². The zero-order valence-corrected chi connectivity index (χ0v) is 7.41. The van der Waals surface area contributed by atoms with Gasteiger partial charge in [0.15, 0.2) is 0 Å². The van der Waals surface area contributed by atoms with E-state index in [-0.39, 0.29) is 11.9 Å². The summed E-state index contributed by atoms with van der Waals surface area (Å²) in [5.41, 5.74) is 6.96. The Kier molecular flexibility index (Phi) is 2.08. The molecule has 1 aromatic rings. The van der Waals surface area contributed by atoms with Crippen molar-refractivity contribution in [3.8, 4) is 0 Å². The second kappa shape index (κ2) is 3.11. The predicted octanol–water partition coefficient (Wildman–Crippen LogP) is 2.09. The summed E-state index contributed by atoms with van der Waals surface area (Å²) in [6, 6.07) is 6.77. The number of halogens is 1. The van der Waals surface area contributed by atoms with E-state index in [0.29, 0.717) is 11.8 Å². The van der Waals surface area contributed by atoms with Crippen molar-refractivity contribution in [1.29, 1.82) is 0 Å². The van der Waals surface area contributed by atoms with Gasteiger partial charge in [-0.15, -0.1) is 0 Å². The first-order valence-electron chi connectivity index (χ1n) is 4.52. The van der Waals surface area contributed by atoms with Gasteiger partial charge in [-0.3, -0.25) is 0 Å². The molecule has 1 aliphatic rings. The van der Waals surface area contributed by atoms with Gasteiger partial charge in [-0.05, 0) is 37.0 Å². The molecule has 0 bridgehead atoms. The maximum atomic E-state index is 12.6. The topological polar surface area (TPSA) is 26.0 Å². The fourth-order valence-electron chi connectivity index (χ4n) is 2.00. The molecule has 13 heavy (non-hydrogen) atoms. The highest BCUT2D eigenvalue weighted by Gasteiger charge is 2.36. The van der Waals surface area contributed by atoms with Crippen LogP contribution in [0.1, 0.15) is 17.9 Å². The van der Waals surface area contributed by atoms with Crippen LogP contribution in [0.2, 0.25) is 0 Å². The Hall–Kier alpha value is -0.890. The Balaban J connectivity index is 2.21. The summed E-state index contributed by atoms with van der Waals surface area (Å²) in [5, 5.41) is 0. The van der Waals surface area contributed by atoms with E-state index in [2.05, 4.69) is 6.92 Å². The van der Waals surface area contributed by atoms with Gasteiger partial charge in [0.25, 0.3) is 0 Å². The van der Waals surface area contributed by atoms with E-state index in [1.165, 1.54) is 12.1 Å². The van der Waals surface area contributed by atoms with Crippen molar-refractivity contribution in [2.45, 2.75) is 18.4 Å². The van der Waals surface area contributed by atoms with Crippen molar-refractivity contribution < 1.29 is 4.39 Å². The molecule has 0 saturated heterocycles. The highest BCUT2D eigenvalue weighted by atomic mass is 19.1. The van der Waals surface area contributed by atoms with Gasteiger partial charge in [0.2, 0.25) is 0 Å². The lowest BCUT2D eigenvalue weighted by Crippen LogP contribution is -2.44. The number of benzene rings is 1. The molecule has 1 fully saturated rings. The maximum Gasteiger partial charge on any atom is 0.123 e. The fourth-order valence-corrected chi connectivity index (χ4v) is 2.00. The molecule has 0 aliphatic heterocycles. The second-order valence-electron chi connectivity index (χ2n) is 3.74. The number of hydrogen-bond acceptors (Lipinski definition) is 1. The van der Waals surface area contributed by atoms with Crippen LogP contribution < -0.4 is 5.73 Å². The predicted molar refractivity (Wildman–Crippen MR) is 50.6 cm³/mol. The van der Waals surface area contributed by atoms with Gasteiger partial charge in [0.05, 0.1) is 0 Å². The Morgan fingerprint density at radius 1 is 1.31 bits per heavy atom. The largest absolute Gasteiger partial charge is 0.327 e. The lowest BCUT2D eigenvalue weighted by Gasteiger charge is -2.41. The summed E-state index contributed by atoms with van der Waals surface area (Å²) < 4.78 is 12.6. The summed E-state index contributed by atoms with van der Waals surface area (Å²) in [6.07, 6.45) is 0.974. The molecule has 0 aromatic heterocycles. The van der Waals surface area contributed by atoms with E-state index in [1.807, 2.05) is 0 Å². The Morgan fingerprint density at radius 2 is 1.92 bits per heavy atom. The minimum Gasteiger partial charge on any atom is -0.327 e. The molecule has 0 heterocycles. The third-order valence-corrected chi connectivity index (χ3v) is 2.80. The van der Waals surface area contributed by atoms with Crippen LogP contribution >= 0.6 is 0 Å². The molecule has 0 spiro atoms. The highest BCUT2D eigenvalue weighted by Crippen LogP contribution is 2.40. The molecule has 2 heteroatoms. The molecule has 1 saturated carbocycles. The summed E-state index contributed by atoms with van der Waals surface area (Å²) in [4.78, 5) is 0. The van der Waals surface area contributed by atoms with Gasteiger partial charge in [-0.1, -0.05) is 12.1 Å². The molecule has 2 N–H and O–H groups in total. The monoisotopic (exact) mass is 178 g/mol. The molecule has 1 nitrogen and oxygen atoms in total. The first-order chi connectivity index (χ1) is 6.18. The highest BCUT2D eigenvalue weighted by molar-refractivity contribution is 5.26. The standard InChI is InChI=1S/C11H13FN/c1-7-6-10(13)11(7)8-2-4-9(12)5-3-8/h2-5,7,10-11H,1,6,13H2. The number of rotatable bonds is 1. The van der Waals surface area contributed by atoms with Crippen molar-refractivity contribution in [3.05, 3.63) is 42.6 Å². The molecule has 1 aliphatic carbocycles. The van der Waals surface area contributed by atoms with Crippen LogP contribution in [0, 0.1) is 18.7 Å². The van der Waals surface area contributed by atoms with Crippen LogP contribution in [0.3, 0.4) is 0 Å². The van der Waals surface area contributed by atoms with Crippen LogP contribution in [-0.2, 0) is 0 Å². The van der Waals surface area contributed by atoms with E-state index in [9.17, 15) is 4.39 Å². The molecule has 2 rings (SSSR count). The molecular formula is C11H13FN. The van der Waals surface area contributed by atoms with Crippen LogP contribution in [0.25, 0.3) is 0 Å². The smallest absolute Gasteiger partial charge is 0.123 e. The number of hydrogen-bond donors (Lipinski definition) is 1. The van der Waals surface area contributed by atoms with Crippen LogP contribution in [-0.4, -0.2) is 6.04 Å². The minimum absolute atomic E-state index is 0.197. The minimum atomic E-state index is -0.197. The second-order valence-corrected chi connectivity index (χ2v) is 3.74. The van der Waals surface area contributed by atoms with E-state index in [1.54, 1.807) is 12.1 Å². The molecule has 3 atom stereocenters. The summed E-state index contributed by atoms with van der Waals surface area (Å²) in [6.45, 7) is 4.00. The van der Waals surface area contributed by atoms with Crippen LogP contribution in [0.4, 0.5) is 4.39 Å². The van der Waals surface area contributed by atoms with E-state index in [0.717, 1.165) is 12.0 Å². The van der Waals surface area contributed by atoms with Crippen molar-refractivity contribution in [2.24, 2.45) is 11.7 Å². The molecule has 0 amide bonds. The third-order valence-electron chi connectivity index (χ3n) is 2.80. The fraction of sp³-hybridized carbons (Fsp3) is 0.364. The number of nitrogens with two attached hydrogens (primary N) is 1. The quantitative estimate of drug-likeness (QED) is 0.700. The van der Waals surface area contributed by atoms with Crippen LogP contribution in [0.15, 0.2) is 24.3 Å². The van der Waals surface area contributed by atoms with Crippen molar-refractivity contribution in [2.75, 3.05) is 0 Å². The zero-order chi connectivity index (χ0) is 9.42. The van der Waals surface area contributed by atoms with E-state index in [4.69, 9.17) is 5.73 Å². The normalized spacial score (nSPS) is 32.7. The van der Waals surface area contributed by atoms with Gasteiger partial charge in [-0.2, -0.15) is 0 Å². The molecule has 1 aromatic carbocycles. The Morgan fingerprint density at radius 3 is 2.38 bits per heavy atom. The van der Waals surface area contributed by atoms with Crippen molar-refractivity contribution in [1.82, 2.24) is 0 Å². The van der Waals surface area contributed by atoms with Gasteiger partial charge in [-0.25, -0.2) is 4.39 Å².